The van der Waals surface area contributed by atoms with Crippen LogP contribution in [0.2, 0.25) is 0 Å². The van der Waals surface area contributed by atoms with Gasteiger partial charge in [0.05, 0.1) is 66.7 Å². The van der Waals surface area contributed by atoms with Crippen LogP contribution < -0.4 is 0 Å². The molecule has 388 valence electrons. The summed E-state index contributed by atoms with van der Waals surface area (Å²) >= 11 is 0. The Kier molecular flexibility index (Phi) is 9.82. The van der Waals surface area contributed by atoms with Crippen molar-refractivity contribution in [1.29, 1.82) is 0 Å². The molecule has 17 aromatic rings. The third kappa shape index (κ3) is 6.81. The van der Waals surface area contributed by atoms with Crippen LogP contribution in [0.15, 0.2) is 273 Å². The highest BCUT2D eigenvalue weighted by Crippen LogP contribution is 2.45. The van der Waals surface area contributed by atoms with Crippen molar-refractivity contribution in [2.24, 2.45) is 0 Å². The Morgan fingerprint density at radius 3 is 1.12 bits per heavy atom. The minimum Gasteiger partial charge on any atom is -0.313 e. The number of hydrogen-bond acceptors (Lipinski definition) is 1. The fraction of sp³-hybridized carbons (Fsp3) is 0.0260. The third-order valence-corrected chi connectivity index (χ3v) is 17.7. The van der Waals surface area contributed by atoms with Crippen molar-refractivity contribution < 1.29 is 0 Å². The second-order valence-corrected chi connectivity index (χ2v) is 22.2. The van der Waals surface area contributed by atoms with E-state index in [1.54, 1.807) is 0 Å². The van der Waals surface area contributed by atoms with Crippen LogP contribution in [0.5, 0.6) is 0 Å². The number of aromatic nitrogens is 6. The van der Waals surface area contributed by atoms with Crippen LogP contribution in [0.1, 0.15) is 17.7 Å². The van der Waals surface area contributed by atoms with Gasteiger partial charge in [-0.3, -0.25) is 0 Å². The molecule has 18 rings (SSSR count). The highest BCUT2D eigenvalue weighted by molar-refractivity contribution is 6.20. The van der Waals surface area contributed by atoms with Gasteiger partial charge in [0.25, 0.3) is 0 Å². The molecule has 0 saturated carbocycles. The predicted molar refractivity (Wildman–Crippen MR) is 347 cm³/mol. The molecule has 0 spiro atoms. The van der Waals surface area contributed by atoms with E-state index < -0.39 is 0 Å². The van der Waals surface area contributed by atoms with Crippen molar-refractivity contribution >= 4 is 104 Å². The summed E-state index contributed by atoms with van der Waals surface area (Å²) in [5.41, 5.74) is 22.8. The Balaban J connectivity index is 0.929. The molecule has 0 N–H and O–H groups in total. The second kappa shape index (κ2) is 17.8. The molecule has 0 atom stereocenters. The fourth-order valence-electron chi connectivity index (χ4n) is 14.1. The molecule has 0 aliphatic heterocycles. The lowest BCUT2D eigenvalue weighted by Gasteiger charge is -2.15. The lowest BCUT2D eigenvalue weighted by molar-refractivity contribution is 0.889. The van der Waals surface area contributed by atoms with E-state index in [0.29, 0.717) is 0 Å². The Labute approximate surface area is 477 Å². The van der Waals surface area contributed by atoms with E-state index in [9.17, 15) is 0 Å². The van der Waals surface area contributed by atoms with Gasteiger partial charge in [0.2, 0.25) is 0 Å². The molecule has 0 fully saturated rings. The summed E-state index contributed by atoms with van der Waals surface area (Å²) in [7, 11) is 0. The smallest absolute Gasteiger partial charge is 0.0730 e. The summed E-state index contributed by atoms with van der Waals surface area (Å²) in [5.74, 6) is 0. The number of benzene rings is 11. The van der Waals surface area contributed by atoms with E-state index in [1.807, 2.05) is 0 Å². The highest BCUT2D eigenvalue weighted by Gasteiger charge is 2.25. The maximum atomic E-state index is 5.36. The van der Waals surface area contributed by atoms with E-state index in [2.05, 4.69) is 302 Å². The Morgan fingerprint density at radius 1 is 0.253 bits per heavy atom. The van der Waals surface area contributed by atoms with E-state index in [4.69, 9.17) is 4.98 Å². The predicted octanol–water partition coefficient (Wildman–Crippen LogP) is 19.7. The zero-order valence-electron chi connectivity index (χ0n) is 45.2. The monoisotopic (exact) mass is 1060 g/mol. The van der Waals surface area contributed by atoms with Crippen LogP contribution in [0.3, 0.4) is 0 Å². The zero-order chi connectivity index (χ0) is 54.3. The molecular formula is C77H50N6. The SMILES string of the molecule is C1=Cc2c(n(-c3ccc4c(c3)c3cc(-n5c6ccccc6c6cc7c8ccccc8n(-c8ccccc8)c7cc65)ccc3n4-c3cc(-c4ccccc4)nc(-c4ccccc4)c3)c3cc4c(cc23)c2ccccc2n4-c2ccccc2)CC1. The molecule has 1 aliphatic carbocycles. The first-order valence-corrected chi connectivity index (χ1v) is 28.8. The van der Waals surface area contributed by atoms with Crippen LogP contribution in [0.25, 0.3) is 155 Å². The summed E-state index contributed by atoms with van der Waals surface area (Å²) in [5, 5.41) is 11.1. The Morgan fingerprint density at radius 2 is 0.627 bits per heavy atom. The van der Waals surface area contributed by atoms with Crippen molar-refractivity contribution in [3.63, 3.8) is 0 Å². The van der Waals surface area contributed by atoms with Crippen LogP contribution in [-0.2, 0) is 6.42 Å². The second-order valence-electron chi connectivity index (χ2n) is 22.2. The van der Waals surface area contributed by atoms with E-state index in [1.165, 1.54) is 92.8 Å². The third-order valence-electron chi connectivity index (χ3n) is 17.7. The van der Waals surface area contributed by atoms with Gasteiger partial charge >= 0.3 is 0 Å². The Hall–Kier alpha value is -11.0. The van der Waals surface area contributed by atoms with Crippen molar-refractivity contribution in [3.05, 3.63) is 284 Å². The first kappa shape index (κ1) is 45.9. The number of hydrogen-bond donors (Lipinski definition) is 0. The molecule has 6 heteroatoms. The van der Waals surface area contributed by atoms with Gasteiger partial charge in [-0.1, -0.05) is 164 Å². The molecule has 0 saturated heterocycles. The number of fused-ring (bicyclic) bond motifs is 15. The van der Waals surface area contributed by atoms with Gasteiger partial charge in [0, 0.05) is 93.6 Å². The number of pyridine rings is 1. The minimum absolute atomic E-state index is 0.924. The lowest BCUT2D eigenvalue weighted by Crippen LogP contribution is -2.03. The molecule has 0 radical (unpaired) electrons. The van der Waals surface area contributed by atoms with Crippen molar-refractivity contribution in [2.45, 2.75) is 12.8 Å². The van der Waals surface area contributed by atoms with Gasteiger partial charge in [0.15, 0.2) is 0 Å². The van der Waals surface area contributed by atoms with E-state index in [-0.39, 0.29) is 0 Å². The zero-order valence-corrected chi connectivity index (χ0v) is 45.2. The van der Waals surface area contributed by atoms with Crippen LogP contribution in [0.4, 0.5) is 0 Å². The highest BCUT2D eigenvalue weighted by atomic mass is 15.0. The summed E-state index contributed by atoms with van der Waals surface area (Å²) in [4.78, 5) is 5.36. The van der Waals surface area contributed by atoms with Gasteiger partial charge < -0.3 is 22.8 Å². The standard InChI is InChI=1S/C77H50N6/c1-5-21-49(22-6-1)66-43-55(44-67(78-66)50-23-7-2-8-24-50)83-72-39-37-53(81-70-35-19-15-31-58(70)64-45-62-56-29-13-17-33-68(56)79(74(62)47-76(64)81)51-25-9-3-10-26-51)41-60(72)61-42-54(38-40-73(61)83)82-71-36-20-16-32-59(71)65-46-63-57-30-14-18-34-69(57)80(75(63)48-77(65)82)52-27-11-4-12-28-52/h1-19,21-35,37-48H,20,36H2. The normalized spacial score (nSPS) is 12.7. The van der Waals surface area contributed by atoms with Gasteiger partial charge in [-0.25, -0.2) is 4.98 Å². The average molecular weight is 1060 g/mol. The minimum atomic E-state index is 0.924. The van der Waals surface area contributed by atoms with Crippen molar-refractivity contribution in [2.75, 3.05) is 0 Å². The van der Waals surface area contributed by atoms with Crippen LogP contribution in [0, 0.1) is 0 Å². The quantitative estimate of drug-likeness (QED) is 0.157. The first-order valence-electron chi connectivity index (χ1n) is 28.8. The van der Waals surface area contributed by atoms with Crippen LogP contribution >= 0.6 is 0 Å². The van der Waals surface area contributed by atoms with E-state index in [0.717, 1.165) is 80.3 Å². The molecular weight excluding hydrogens is 1010 g/mol. The number of para-hydroxylation sites is 5. The van der Waals surface area contributed by atoms with Gasteiger partial charge in [0.1, 0.15) is 0 Å². The maximum Gasteiger partial charge on any atom is 0.0730 e. The topological polar surface area (TPSA) is 37.5 Å². The molecule has 6 aromatic heterocycles. The molecule has 11 aromatic carbocycles. The summed E-state index contributed by atoms with van der Waals surface area (Å²) < 4.78 is 12.4. The van der Waals surface area contributed by atoms with Gasteiger partial charge in [-0.05, 0) is 128 Å². The Bertz CT molecular complexity index is 5480. The molecule has 6 heterocycles. The summed E-state index contributed by atoms with van der Waals surface area (Å²) in [6.07, 6.45) is 6.65. The molecule has 0 unspecified atom stereocenters. The summed E-state index contributed by atoms with van der Waals surface area (Å²) in [6, 6.07) is 98.1. The molecule has 83 heavy (non-hydrogen) atoms. The van der Waals surface area contributed by atoms with Crippen LogP contribution in [-0.4, -0.2) is 27.8 Å². The fourth-order valence-corrected chi connectivity index (χ4v) is 14.1. The average Bonchev–Trinajstić information content (AvgIpc) is 3.45. The largest absolute Gasteiger partial charge is 0.313 e. The molecule has 6 nitrogen and oxygen atoms in total. The molecule has 1 aliphatic rings. The molecule has 0 bridgehead atoms. The first-order chi connectivity index (χ1) is 41.2. The van der Waals surface area contributed by atoms with Gasteiger partial charge in [-0.15, -0.1) is 0 Å². The van der Waals surface area contributed by atoms with Gasteiger partial charge in [-0.2, -0.15) is 0 Å². The number of nitrogens with zero attached hydrogens (tertiary/aromatic N) is 6. The number of rotatable bonds is 7. The number of allylic oxidation sites excluding steroid dienone is 1. The lowest BCUT2D eigenvalue weighted by atomic mass is 10.0. The van der Waals surface area contributed by atoms with E-state index >= 15 is 0 Å². The van der Waals surface area contributed by atoms with Crippen molar-refractivity contribution in [3.8, 4) is 51.0 Å². The maximum absolute atomic E-state index is 5.36. The summed E-state index contributed by atoms with van der Waals surface area (Å²) in [6.45, 7) is 0. The molecule has 0 amide bonds. The van der Waals surface area contributed by atoms with Crippen molar-refractivity contribution in [1.82, 2.24) is 27.8 Å².